The first-order chi connectivity index (χ1) is 10.2. The molecule has 1 fully saturated rings. The van der Waals surface area contributed by atoms with Crippen LogP contribution in [-0.4, -0.2) is 22.6 Å². The SMILES string of the molecule is CCN(c1cccc(F)c1)C(CN)c1cncn1C1CC1. The Hall–Kier alpha value is -1.88. The molecule has 0 saturated heterocycles. The largest absolute Gasteiger partial charge is 0.362 e. The molecule has 1 aromatic carbocycles. The summed E-state index contributed by atoms with van der Waals surface area (Å²) in [4.78, 5) is 6.42. The van der Waals surface area contributed by atoms with Crippen LogP contribution in [0.1, 0.15) is 37.5 Å². The summed E-state index contributed by atoms with van der Waals surface area (Å²) in [5, 5.41) is 0. The van der Waals surface area contributed by atoms with Gasteiger partial charge in [0.1, 0.15) is 5.82 Å². The molecule has 2 aromatic rings. The van der Waals surface area contributed by atoms with Crippen LogP contribution in [0.2, 0.25) is 0 Å². The first kappa shape index (κ1) is 14.1. The summed E-state index contributed by atoms with van der Waals surface area (Å²) in [5.74, 6) is -0.225. The molecule has 2 N–H and O–H groups in total. The van der Waals surface area contributed by atoms with E-state index < -0.39 is 0 Å². The quantitative estimate of drug-likeness (QED) is 0.889. The number of likely N-dealkylation sites (N-methyl/N-ethyl adjacent to an activating group) is 1. The number of nitrogens with two attached hydrogens (primary N) is 1. The lowest BCUT2D eigenvalue weighted by Crippen LogP contribution is -2.35. The predicted octanol–water partition coefficient (Wildman–Crippen LogP) is 2.88. The fraction of sp³-hybridized carbons (Fsp3) is 0.438. The maximum absolute atomic E-state index is 13.5. The molecule has 4 nitrogen and oxygen atoms in total. The highest BCUT2D eigenvalue weighted by Crippen LogP contribution is 2.38. The van der Waals surface area contributed by atoms with Crippen molar-refractivity contribution in [1.29, 1.82) is 0 Å². The number of aromatic nitrogens is 2. The zero-order valence-electron chi connectivity index (χ0n) is 12.2. The average Bonchev–Trinajstić information content (AvgIpc) is 3.22. The third kappa shape index (κ3) is 2.78. The van der Waals surface area contributed by atoms with Gasteiger partial charge in [-0.05, 0) is 38.0 Å². The van der Waals surface area contributed by atoms with Gasteiger partial charge in [0.25, 0.3) is 0 Å². The Balaban J connectivity index is 1.94. The van der Waals surface area contributed by atoms with E-state index in [9.17, 15) is 4.39 Å². The molecule has 112 valence electrons. The Morgan fingerprint density at radius 2 is 2.29 bits per heavy atom. The van der Waals surface area contributed by atoms with Crippen LogP contribution < -0.4 is 10.6 Å². The molecule has 1 atom stereocenters. The van der Waals surface area contributed by atoms with Gasteiger partial charge in [-0.25, -0.2) is 9.37 Å². The number of hydrogen-bond acceptors (Lipinski definition) is 3. The summed E-state index contributed by atoms with van der Waals surface area (Å²) in [7, 11) is 0. The molecular formula is C16H21FN4. The van der Waals surface area contributed by atoms with Gasteiger partial charge in [-0.2, -0.15) is 0 Å². The maximum atomic E-state index is 13.5. The Morgan fingerprint density at radius 3 is 2.90 bits per heavy atom. The number of benzene rings is 1. The minimum Gasteiger partial charge on any atom is -0.362 e. The molecule has 21 heavy (non-hydrogen) atoms. The molecular weight excluding hydrogens is 267 g/mol. The lowest BCUT2D eigenvalue weighted by Gasteiger charge is -2.32. The average molecular weight is 288 g/mol. The van der Waals surface area contributed by atoms with Crippen molar-refractivity contribution in [2.24, 2.45) is 5.73 Å². The Morgan fingerprint density at radius 1 is 1.48 bits per heavy atom. The second-order valence-corrected chi connectivity index (χ2v) is 5.47. The number of hydrogen-bond donors (Lipinski definition) is 1. The smallest absolute Gasteiger partial charge is 0.125 e. The Kier molecular flexibility index (Phi) is 3.92. The van der Waals surface area contributed by atoms with Crippen LogP contribution in [0.3, 0.4) is 0 Å². The van der Waals surface area contributed by atoms with Crippen molar-refractivity contribution in [3.63, 3.8) is 0 Å². The van der Waals surface area contributed by atoms with Gasteiger partial charge in [0, 0.05) is 24.8 Å². The summed E-state index contributed by atoms with van der Waals surface area (Å²) in [6, 6.07) is 7.25. The molecule has 5 heteroatoms. The van der Waals surface area contributed by atoms with Crippen molar-refractivity contribution in [3.8, 4) is 0 Å². The van der Waals surface area contributed by atoms with Gasteiger partial charge in [-0.1, -0.05) is 6.07 Å². The number of imidazole rings is 1. The second-order valence-electron chi connectivity index (χ2n) is 5.47. The normalized spacial score (nSPS) is 16.0. The monoisotopic (exact) mass is 288 g/mol. The highest BCUT2D eigenvalue weighted by molar-refractivity contribution is 5.48. The molecule has 1 saturated carbocycles. The molecule has 1 unspecified atom stereocenters. The van der Waals surface area contributed by atoms with E-state index in [1.165, 1.54) is 18.9 Å². The summed E-state index contributed by atoms with van der Waals surface area (Å²) in [5.41, 5.74) is 8.00. The highest BCUT2D eigenvalue weighted by Gasteiger charge is 2.29. The summed E-state index contributed by atoms with van der Waals surface area (Å²) in [6.45, 7) is 3.30. The van der Waals surface area contributed by atoms with E-state index in [1.807, 2.05) is 18.6 Å². The Bertz CT molecular complexity index is 606. The standard InChI is InChI=1S/C16H21FN4/c1-2-20(14-5-3-4-12(17)8-14)15(9-18)16-10-19-11-21(16)13-6-7-13/h3-5,8,10-11,13,15H,2,6-7,9,18H2,1H3. The summed E-state index contributed by atoms with van der Waals surface area (Å²) >= 11 is 0. The lowest BCUT2D eigenvalue weighted by molar-refractivity contribution is 0.572. The zero-order valence-corrected chi connectivity index (χ0v) is 12.2. The van der Waals surface area contributed by atoms with Crippen molar-refractivity contribution < 1.29 is 4.39 Å². The number of anilines is 1. The van der Waals surface area contributed by atoms with Crippen molar-refractivity contribution in [2.45, 2.75) is 31.8 Å². The Labute approximate surface area is 124 Å². The molecule has 1 aliphatic carbocycles. The third-order valence-electron chi connectivity index (χ3n) is 4.06. The third-order valence-corrected chi connectivity index (χ3v) is 4.06. The van der Waals surface area contributed by atoms with E-state index >= 15 is 0 Å². The van der Waals surface area contributed by atoms with Crippen molar-refractivity contribution in [2.75, 3.05) is 18.0 Å². The van der Waals surface area contributed by atoms with E-state index in [0.29, 0.717) is 12.6 Å². The van der Waals surface area contributed by atoms with E-state index in [2.05, 4.69) is 21.4 Å². The number of nitrogens with zero attached hydrogens (tertiary/aromatic N) is 3. The number of halogens is 1. The van der Waals surface area contributed by atoms with Crippen LogP contribution in [0.15, 0.2) is 36.8 Å². The minimum atomic E-state index is -0.225. The molecule has 0 aliphatic heterocycles. The van der Waals surface area contributed by atoms with E-state index in [-0.39, 0.29) is 11.9 Å². The molecule has 1 heterocycles. The summed E-state index contributed by atoms with van der Waals surface area (Å²) in [6.07, 6.45) is 6.17. The molecule has 3 rings (SSSR count). The predicted molar refractivity (Wildman–Crippen MR) is 81.7 cm³/mol. The molecule has 1 aromatic heterocycles. The van der Waals surface area contributed by atoms with E-state index in [0.717, 1.165) is 17.9 Å². The first-order valence-electron chi connectivity index (χ1n) is 7.48. The molecule has 0 amide bonds. The van der Waals surface area contributed by atoms with Gasteiger partial charge in [-0.15, -0.1) is 0 Å². The van der Waals surface area contributed by atoms with Crippen LogP contribution in [0.4, 0.5) is 10.1 Å². The molecule has 0 radical (unpaired) electrons. The van der Waals surface area contributed by atoms with Gasteiger partial charge < -0.3 is 15.2 Å². The summed E-state index contributed by atoms with van der Waals surface area (Å²) < 4.78 is 15.7. The van der Waals surface area contributed by atoms with Crippen LogP contribution in [-0.2, 0) is 0 Å². The van der Waals surface area contributed by atoms with Gasteiger partial charge >= 0.3 is 0 Å². The van der Waals surface area contributed by atoms with Crippen LogP contribution in [0.25, 0.3) is 0 Å². The lowest BCUT2D eigenvalue weighted by atomic mass is 10.1. The fourth-order valence-electron chi connectivity index (χ4n) is 2.88. The maximum Gasteiger partial charge on any atom is 0.125 e. The van der Waals surface area contributed by atoms with Gasteiger partial charge in [0.05, 0.1) is 24.3 Å². The van der Waals surface area contributed by atoms with Crippen molar-refractivity contribution in [1.82, 2.24) is 9.55 Å². The second kappa shape index (κ2) is 5.85. The molecule has 0 bridgehead atoms. The van der Waals surface area contributed by atoms with Crippen LogP contribution in [0, 0.1) is 5.82 Å². The first-order valence-corrected chi connectivity index (χ1v) is 7.48. The van der Waals surface area contributed by atoms with Crippen LogP contribution >= 0.6 is 0 Å². The minimum absolute atomic E-state index is 0.0138. The fourth-order valence-corrected chi connectivity index (χ4v) is 2.88. The molecule has 0 spiro atoms. The van der Waals surface area contributed by atoms with Gasteiger partial charge in [0.15, 0.2) is 0 Å². The molecule has 1 aliphatic rings. The van der Waals surface area contributed by atoms with Crippen molar-refractivity contribution in [3.05, 3.63) is 48.3 Å². The zero-order chi connectivity index (χ0) is 14.8. The van der Waals surface area contributed by atoms with Gasteiger partial charge in [-0.3, -0.25) is 0 Å². The van der Waals surface area contributed by atoms with Crippen LogP contribution in [0.5, 0.6) is 0 Å². The van der Waals surface area contributed by atoms with E-state index in [4.69, 9.17) is 5.73 Å². The highest BCUT2D eigenvalue weighted by atomic mass is 19.1. The van der Waals surface area contributed by atoms with Crippen molar-refractivity contribution >= 4 is 5.69 Å². The van der Waals surface area contributed by atoms with E-state index in [1.54, 1.807) is 12.1 Å². The topological polar surface area (TPSA) is 47.1 Å². The number of rotatable bonds is 6. The van der Waals surface area contributed by atoms with Gasteiger partial charge in [0.2, 0.25) is 0 Å².